The number of ether oxygens (including phenoxy) is 2. The quantitative estimate of drug-likeness (QED) is 0.191. The van der Waals surface area contributed by atoms with E-state index >= 15 is 0 Å². The number of benzene rings is 3. The lowest BCUT2D eigenvalue weighted by Crippen LogP contribution is -2.40. The predicted octanol–water partition coefficient (Wildman–Crippen LogP) is 6.51. The standard InChI is InChI=1S/C33H24Cl2N2O5S/c1-3-41-32(39)28-29(19-8-5-4-6-9-19)36-33-37(30(28)21-10-7-11-22(16-21)40-2)31(38)27(43-33)18-23-13-15-26(42-23)20-12-14-24(34)25(35)17-20/h4-18,30H,3H2,1-2H3/b27-18-. The molecule has 3 heterocycles. The Balaban J connectivity index is 1.56. The van der Waals surface area contributed by atoms with Gasteiger partial charge in [0.25, 0.3) is 5.56 Å². The van der Waals surface area contributed by atoms with E-state index in [2.05, 4.69) is 0 Å². The van der Waals surface area contributed by atoms with Gasteiger partial charge in [-0.2, -0.15) is 0 Å². The third-order valence-electron chi connectivity index (χ3n) is 6.89. The molecule has 0 aliphatic carbocycles. The lowest BCUT2D eigenvalue weighted by atomic mass is 9.93. The van der Waals surface area contributed by atoms with Gasteiger partial charge in [0.1, 0.15) is 17.3 Å². The number of hydrogen-bond acceptors (Lipinski definition) is 7. The second kappa shape index (κ2) is 12.1. The van der Waals surface area contributed by atoms with Gasteiger partial charge in [0, 0.05) is 17.2 Å². The summed E-state index contributed by atoms with van der Waals surface area (Å²) in [6, 6.07) is 24.7. The molecule has 2 aromatic heterocycles. The fraction of sp³-hybridized carbons (Fsp3) is 0.121. The molecule has 7 nitrogen and oxygen atoms in total. The minimum atomic E-state index is -0.814. The van der Waals surface area contributed by atoms with Crippen molar-refractivity contribution in [1.29, 1.82) is 0 Å². The highest BCUT2D eigenvalue weighted by Gasteiger charge is 2.35. The maximum atomic E-state index is 14.1. The van der Waals surface area contributed by atoms with Gasteiger partial charge < -0.3 is 13.9 Å². The molecule has 1 unspecified atom stereocenters. The molecule has 0 N–H and O–H groups in total. The van der Waals surface area contributed by atoms with Crippen LogP contribution in [0.25, 0.3) is 23.1 Å². The van der Waals surface area contributed by atoms with Crippen molar-refractivity contribution in [3.05, 3.63) is 137 Å². The molecule has 3 aromatic carbocycles. The lowest BCUT2D eigenvalue weighted by Gasteiger charge is -2.26. The third-order valence-corrected chi connectivity index (χ3v) is 8.61. The van der Waals surface area contributed by atoms with Gasteiger partial charge in [0.15, 0.2) is 4.80 Å². The predicted molar refractivity (Wildman–Crippen MR) is 168 cm³/mol. The summed E-state index contributed by atoms with van der Waals surface area (Å²) in [7, 11) is 1.57. The maximum Gasteiger partial charge on any atom is 0.338 e. The van der Waals surface area contributed by atoms with Gasteiger partial charge in [-0.1, -0.05) is 77.0 Å². The third kappa shape index (κ3) is 5.57. The number of halogens is 2. The van der Waals surface area contributed by atoms with E-state index in [0.29, 0.717) is 47.9 Å². The summed E-state index contributed by atoms with van der Waals surface area (Å²) >= 11 is 13.5. The Morgan fingerprint density at radius 1 is 1.00 bits per heavy atom. The summed E-state index contributed by atoms with van der Waals surface area (Å²) in [5, 5.41) is 0.857. The Hall–Kier alpha value is -4.37. The summed E-state index contributed by atoms with van der Waals surface area (Å²) in [4.78, 5) is 33.0. The zero-order valence-corrected chi connectivity index (χ0v) is 25.4. The van der Waals surface area contributed by atoms with E-state index in [1.54, 1.807) is 56.5 Å². The number of nitrogens with zero attached hydrogens (tertiary/aromatic N) is 2. The van der Waals surface area contributed by atoms with Crippen LogP contribution in [0.15, 0.2) is 105 Å². The Kier molecular flexibility index (Phi) is 8.08. The van der Waals surface area contributed by atoms with Crippen LogP contribution in [0.2, 0.25) is 10.0 Å². The van der Waals surface area contributed by atoms with E-state index in [1.165, 1.54) is 15.9 Å². The van der Waals surface area contributed by atoms with Crippen molar-refractivity contribution in [1.82, 2.24) is 4.57 Å². The molecule has 0 saturated heterocycles. The van der Waals surface area contributed by atoms with Crippen LogP contribution in [-0.4, -0.2) is 24.3 Å². The van der Waals surface area contributed by atoms with Gasteiger partial charge >= 0.3 is 5.97 Å². The molecule has 1 aliphatic rings. The first-order valence-electron chi connectivity index (χ1n) is 13.4. The molecule has 0 amide bonds. The van der Waals surface area contributed by atoms with E-state index in [0.717, 1.165) is 11.1 Å². The van der Waals surface area contributed by atoms with Crippen molar-refractivity contribution < 1.29 is 18.7 Å². The highest BCUT2D eigenvalue weighted by molar-refractivity contribution is 7.07. The summed E-state index contributed by atoms with van der Waals surface area (Å²) in [5.74, 6) is 1.08. The zero-order valence-electron chi connectivity index (χ0n) is 23.0. The van der Waals surface area contributed by atoms with Crippen LogP contribution in [-0.2, 0) is 9.53 Å². The minimum Gasteiger partial charge on any atom is -0.497 e. The van der Waals surface area contributed by atoms with Crippen molar-refractivity contribution in [3.63, 3.8) is 0 Å². The first kappa shape index (κ1) is 28.7. The molecule has 0 saturated carbocycles. The number of carbonyl (C=O) groups is 1. The lowest BCUT2D eigenvalue weighted by molar-refractivity contribution is -0.138. The smallest absolute Gasteiger partial charge is 0.338 e. The molecule has 1 atom stereocenters. The van der Waals surface area contributed by atoms with E-state index in [4.69, 9.17) is 42.1 Å². The van der Waals surface area contributed by atoms with Crippen LogP contribution in [0.1, 0.15) is 29.9 Å². The van der Waals surface area contributed by atoms with Gasteiger partial charge in [-0.05, 0) is 55.0 Å². The fourth-order valence-electron chi connectivity index (χ4n) is 4.93. The molecule has 43 heavy (non-hydrogen) atoms. The summed E-state index contributed by atoms with van der Waals surface area (Å²) in [5.41, 5.74) is 2.55. The van der Waals surface area contributed by atoms with Gasteiger partial charge in [0.2, 0.25) is 0 Å². The fourth-order valence-corrected chi connectivity index (χ4v) is 6.21. The van der Waals surface area contributed by atoms with E-state index in [1.807, 2.05) is 48.5 Å². The first-order valence-corrected chi connectivity index (χ1v) is 14.9. The number of thiazole rings is 1. The Bertz CT molecular complexity index is 2060. The van der Waals surface area contributed by atoms with Crippen LogP contribution in [0.4, 0.5) is 0 Å². The van der Waals surface area contributed by atoms with Crippen LogP contribution in [0.3, 0.4) is 0 Å². The number of aromatic nitrogens is 1. The maximum absolute atomic E-state index is 14.1. The largest absolute Gasteiger partial charge is 0.497 e. The number of furan rings is 1. The molecule has 216 valence electrons. The Morgan fingerprint density at radius 2 is 1.81 bits per heavy atom. The number of methoxy groups -OCH3 is 1. The number of hydrogen-bond donors (Lipinski definition) is 0. The minimum absolute atomic E-state index is 0.166. The van der Waals surface area contributed by atoms with Crippen LogP contribution < -0.4 is 19.6 Å². The number of rotatable bonds is 7. The van der Waals surface area contributed by atoms with Crippen molar-refractivity contribution in [2.24, 2.45) is 4.99 Å². The summed E-state index contributed by atoms with van der Waals surface area (Å²) in [6.07, 6.45) is 1.67. The Labute approximate surface area is 260 Å². The number of fused-ring (bicyclic) bond motifs is 1. The van der Waals surface area contributed by atoms with E-state index in [-0.39, 0.29) is 17.7 Å². The van der Waals surface area contributed by atoms with Crippen molar-refractivity contribution >= 4 is 52.3 Å². The van der Waals surface area contributed by atoms with Gasteiger partial charge in [-0.3, -0.25) is 9.36 Å². The normalized spacial score (nSPS) is 14.8. The summed E-state index contributed by atoms with van der Waals surface area (Å²) in [6.45, 7) is 1.91. The van der Waals surface area contributed by atoms with Crippen molar-refractivity contribution in [2.75, 3.05) is 13.7 Å². The number of esters is 1. The molecule has 0 radical (unpaired) electrons. The van der Waals surface area contributed by atoms with Crippen LogP contribution in [0, 0.1) is 0 Å². The number of carbonyl (C=O) groups excluding carboxylic acids is 1. The highest BCUT2D eigenvalue weighted by atomic mass is 35.5. The average molecular weight is 632 g/mol. The second-order valence-electron chi connectivity index (χ2n) is 9.54. The molecule has 1 aliphatic heterocycles. The van der Waals surface area contributed by atoms with Crippen LogP contribution in [0.5, 0.6) is 5.75 Å². The second-order valence-corrected chi connectivity index (χ2v) is 11.4. The monoisotopic (exact) mass is 630 g/mol. The molecule has 6 rings (SSSR count). The molecule has 10 heteroatoms. The molecular weight excluding hydrogens is 607 g/mol. The van der Waals surface area contributed by atoms with Gasteiger partial charge in [-0.15, -0.1) is 0 Å². The van der Waals surface area contributed by atoms with E-state index in [9.17, 15) is 9.59 Å². The SMILES string of the molecule is CCOC(=O)C1=C(c2ccccc2)N=c2s/c(=C\c3ccc(-c4ccc(Cl)c(Cl)c4)o3)c(=O)n2C1c1cccc(OC)c1. The van der Waals surface area contributed by atoms with Crippen molar-refractivity contribution in [2.45, 2.75) is 13.0 Å². The van der Waals surface area contributed by atoms with Gasteiger partial charge in [-0.25, -0.2) is 9.79 Å². The molecule has 0 fully saturated rings. The molecule has 5 aromatic rings. The van der Waals surface area contributed by atoms with Crippen molar-refractivity contribution in [3.8, 4) is 17.1 Å². The van der Waals surface area contributed by atoms with Gasteiger partial charge in [0.05, 0.1) is 45.6 Å². The van der Waals surface area contributed by atoms with E-state index < -0.39 is 12.0 Å². The molecule has 0 bridgehead atoms. The molecule has 0 spiro atoms. The van der Waals surface area contributed by atoms with Crippen LogP contribution >= 0.6 is 34.5 Å². The topological polar surface area (TPSA) is 83.0 Å². The first-order chi connectivity index (χ1) is 20.9. The highest BCUT2D eigenvalue weighted by Crippen LogP contribution is 2.36. The Morgan fingerprint density at radius 3 is 2.56 bits per heavy atom. The summed E-state index contributed by atoms with van der Waals surface area (Å²) < 4.78 is 19.0. The zero-order chi connectivity index (χ0) is 30.1. The molecular formula is C33H24Cl2N2O5S. The average Bonchev–Trinajstić information content (AvgIpc) is 3.62.